The van der Waals surface area contributed by atoms with E-state index in [1.165, 1.54) is 11.1 Å². The molecule has 31 heavy (non-hydrogen) atoms. The van der Waals surface area contributed by atoms with Gasteiger partial charge in [-0.2, -0.15) is 0 Å². The number of aryl methyl sites for hydroxylation is 1. The van der Waals surface area contributed by atoms with Gasteiger partial charge in [-0.3, -0.25) is 4.90 Å². The highest BCUT2D eigenvalue weighted by molar-refractivity contribution is 5.79. The molecule has 1 aromatic carbocycles. The number of nitrogens with zero attached hydrogens (tertiary/aromatic N) is 4. The van der Waals surface area contributed by atoms with Crippen LogP contribution >= 0.6 is 0 Å². The van der Waals surface area contributed by atoms with Gasteiger partial charge < -0.3 is 19.9 Å². The number of imidazole rings is 1. The second-order valence-corrected chi connectivity index (χ2v) is 8.46. The lowest BCUT2D eigenvalue weighted by molar-refractivity contribution is 0.00752. The highest BCUT2D eigenvalue weighted by Crippen LogP contribution is 2.13. The van der Waals surface area contributed by atoms with Crippen LogP contribution in [0.3, 0.4) is 0 Å². The summed E-state index contributed by atoms with van der Waals surface area (Å²) in [5.41, 5.74) is 2.47. The van der Waals surface area contributed by atoms with Crippen LogP contribution in [0.2, 0.25) is 0 Å². The quantitative estimate of drug-likeness (QED) is 0.477. The van der Waals surface area contributed by atoms with Crippen LogP contribution in [0.1, 0.15) is 37.7 Å². The van der Waals surface area contributed by atoms with Crippen LogP contribution in [0.4, 0.5) is 0 Å². The number of hydrogen-bond acceptors (Lipinski definition) is 4. The minimum atomic E-state index is 0.467. The van der Waals surface area contributed by atoms with E-state index in [1.807, 2.05) is 19.3 Å². The van der Waals surface area contributed by atoms with Gasteiger partial charge >= 0.3 is 0 Å². The molecule has 170 valence electrons. The van der Waals surface area contributed by atoms with E-state index < -0.39 is 0 Å². The molecular weight excluding hydrogens is 388 g/mol. The highest BCUT2D eigenvalue weighted by Gasteiger charge is 2.23. The van der Waals surface area contributed by atoms with E-state index in [4.69, 9.17) is 9.73 Å². The second-order valence-electron chi connectivity index (χ2n) is 8.46. The molecule has 1 unspecified atom stereocenters. The topological polar surface area (TPSA) is 66.7 Å². The lowest BCUT2D eigenvalue weighted by Gasteiger charge is -2.37. The first kappa shape index (κ1) is 23.3. The molecule has 0 aliphatic carbocycles. The molecule has 0 amide bonds. The van der Waals surface area contributed by atoms with Crippen molar-refractivity contribution in [3.8, 4) is 0 Å². The zero-order valence-electron chi connectivity index (χ0n) is 19.5. The number of benzene rings is 1. The molecule has 3 rings (SSSR count). The Bertz CT molecular complexity index is 825. The molecule has 0 saturated carbocycles. The minimum absolute atomic E-state index is 0.467. The molecule has 2 N–H and O–H groups in total. The fraction of sp³-hybridized carbons (Fsp3) is 0.583. The molecule has 2 aromatic rings. The third-order valence-electron chi connectivity index (χ3n) is 5.79. The van der Waals surface area contributed by atoms with Gasteiger partial charge in [0, 0.05) is 51.2 Å². The number of rotatable bonds is 9. The summed E-state index contributed by atoms with van der Waals surface area (Å²) >= 11 is 0. The summed E-state index contributed by atoms with van der Waals surface area (Å²) in [6.45, 7) is 15.6. The minimum Gasteiger partial charge on any atom is -0.379 e. The molecule has 7 heteroatoms. The maximum Gasteiger partial charge on any atom is 0.191 e. The molecule has 2 heterocycles. The molecule has 0 bridgehead atoms. The average molecular weight is 427 g/mol. The molecule has 0 radical (unpaired) electrons. The Kier molecular flexibility index (Phi) is 8.91. The van der Waals surface area contributed by atoms with E-state index >= 15 is 0 Å². The number of nitrogens with one attached hydrogen (secondary N) is 2. The Morgan fingerprint density at radius 1 is 1.19 bits per heavy atom. The number of ether oxygens (including phenoxy) is 1. The van der Waals surface area contributed by atoms with Crippen LogP contribution in [0, 0.1) is 12.8 Å². The van der Waals surface area contributed by atoms with Crippen LogP contribution in [-0.2, 0) is 17.8 Å². The molecule has 7 nitrogen and oxygen atoms in total. The molecule has 1 aliphatic rings. The average Bonchev–Trinajstić information content (AvgIpc) is 3.17. The van der Waals surface area contributed by atoms with Crippen LogP contribution in [0.25, 0.3) is 0 Å². The molecule has 1 aromatic heterocycles. The third-order valence-corrected chi connectivity index (χ3v) is 5.79. The van der Waals surface area contributed by atoms with Crippen LogP contribution in [-0.4, -0.2) is 65.8 Å². The molecule has 1 aliphatic heterocycles. The van der Waals surface area contributed by atoms with Gasteiger partial charge in [0.05, 0.1) is 19.8 Å². The van der Waals surface area contributed by atoms with Gasteiger partial charge in [-0.1, -0.05) is 38.1 Å². The first-order valence-electron chi connectivity index (χ1n) is 11.5. The van der Waals surface area contributed by atoms with Crippen molar-refractivity contribution in [1.29, 1.82) is 0 Å². The Labute approximate surface area is 186 Å². The van der Waals surface area contributed by atoms with E-state index in [9.17, 15) is 0 Å². The lowest BCUT2D eigenvalue weighted by atomic mass is 10.0. The van der Waals surface area contributed by atoms with Crippen LogP contribution < -0.4 is 10.6 Å². The largest absolute Gasteiger partial charge is 0.379 e. The van der Waals surface area contributed by atoms with Crippen molar-refractivity contribution in [2.75, 3.05) is 39.4 Å². The van der Waals surface area contributed by atoms with Crippen LogP contribution in [0.15, 0.2) is 41.7 Å². The predicted molar refractivity (Wildman–Crippen MR) is 126 cm³/mol. The molecule has 1 atom stereocenters. The molecular formula is C24H38N6O. The predicted octanol–water partition coefficient (Wildman–Crippen LogP) is 2.65. The zero-order valence-corrected chi connectivity index (χ0v) is 19.5. The van der Waals surface area contributed by atoms with E-state index in [0.29, 0.717) is 18.5 Å². The fourth-order valence-electron chi connectivity index (χ4n) is 4.00. The Morgan fingerprint density at radius 2 is 1.97 bits per heavy atom. The second kappa shape index (κ2) is 11.9. The standard InChI is InChI=1S/C24H38N6O/c1-5-25-24(28-17-23(19(2)3)29-11-13-31-14-12-29)27-16-21-7-6-8-22(15-21)18-30-10-9-26-20(30)4/h6-10,15,19,23H,5,11-14,16-18H2,1-4H3,(H2,25,27,28). The van der Waals surface area contributed by atoms with E-state index in [1.54, 1.807) is 0 Å². The smallest absolute Gasteiger partial charge is 0.191 e. The molecule has 1 fully saturated rings. The van der Waals surface area contributed by atoms with Gasteiger partial charge in [0.1, 0.15) is 5.82 Å². The number of hydrogen-bond donors (Lipinski definition) is 2. The summed E-state index contributed by atoms with van der Waals surface area (Å²) < 4.78 is 7.69. The van der Waals surface area contributed by atoms with Crippen molar-refractivity contribution >= 4 is 5.96 Å². The van der Waals surface area contributed by atoms with Crippen molar-refractivity contribution in [1.82, 2.24) is 25.1 Å². The highest BCUT2D eigenvalue weighted by atomic mass is 16.5. The van der Waals surface area contributed by atoms with Crippen molar-refractivity contribution in [2.45, 2.75) is 46.8 Å². The summed E-state index contributed by atoms with van der Waals surface area (Å²) in [7, 11) is 0. The van der Waals surface area contributed by atoms with E-state index in [-0.39, 0.29) is 0 Å². The van der Waals surface area contributed by atoms with Crippen LogP contribution in [0.5, 0.6) is 0 Å². The number of guanidine groups is 1. The van der Waals surface area contributed by atoms with Crippen molar-refractivity contribution in [3.05, 3.63) is 53.6 Å². The Balaban J connectivity index is 1.61. The normalized spacial score (nSPS) is 16.5. The summed E-state index contributed by atoms with van der Waals surface area (Å²) in [5, 5.41) is 6.96. The zero-order chi connectivity index (χ0) is 22.1. The van der Waals surface area contributed by atoms with E-state index in [2.05, 4.69) is 70.1 Å². The summed E-state index contributed by atoms with van der Waals surface area (Å²) in [6.07, 6.45) is 3.87. The molecule has 0 spiro atoms. The van der Waals surface area contributed by atoms with Crippen molar-refractivity contribution in [3.63, 3.8) is 0 Å². The lowest BCUT2D eigenvalue weighted by Crippen LogP contribution is -2.52. The summed E-state index contributed by atoms with van der Waals surface area (Å²) in [5.74, 6) is 2.47. The van der Waals surface area contributed by atoms with Gasteiger partial charge in [-0.05, 0) is 30.9 Å². The molecule has 1 saturated heterocycles. The summed E-state index contributed by atoms with van der Waals surface area (Å²) in [6, 6.07) is 9.11. The Hall–Kier alpha value is -2.38. The SMILES string of the molecule is CCNC(=NCc1cccc(Cn2ccnc2C)c1)NCC(C(C)C)N1CCOCC1. The van der Waals surface area contributed by atoms with Gasteiger partial charge in [-0.25, -0.2) is 9.98 Å². The fourth-order valence-corrected chi connectivity index (χ4v) is 4.00. The summed E-state index contributed by atoms with van der Waals surface area (Å²) in [4.78, 5) is 11.7. The van der Waals surface area contributed by atoms with Gasteiger partial charge in [0.2, 0.25) is 0 Å². The maximum atomic E-state index is 5.53. The first-order valence-corrected chi connectivity index (χ1v) is 11.5. The third kappa shape index (κ3) is 7.08. The Morgan fingerprint density at radius 3 is 2.65 bits per heavy atom. The number of aromatic nitrogens is 2. The maximum absolute atomic E-state index is 5.53. The monoisotopic (exact) mass is 426 g/mol. The van der Waals surface area contributed by atoms with Crippen molar-refractivity contribution < 1.29 is 4.74 Å². The van der Waals surface area contributed by atoms with Crippen molar-refractivity contribution in [2.24, 2.45) is 10.9 Å². The van der Waals surface area contributed by atoms with Gasteiger partial charge in [0.25, 0.3) is 0 Å². The number of aliphatic imine (C=N–C) groups is 1. The van der Waals surface area contributed by atoms with E-state index in [0.717, 1.165) is 57.7 Å². The number of morpholine rings is 1. The van der Waals surface area contributed by atoms with Gasteiger partial charge in [-0.15, -0.1) is 0 Å². The van der Waals surface area contributed by atoms with Gasteiger partial charge in [0.15, 0.2) is 5.96 Å². The first-order chi connectivity index (χ1) is 15.1.